The van der Waals surface area contributed by atoms with Crippen molar-refractivity contribution in [1.29, 1.82) is 5.26 Å². The van der Waals surface area contributed by atoms with Crippen LogP contribution in [0, 0.1) is 16.7 Å². The number of carbonyl (C=O) groups is 4. The number of benzene rings is 2. The number of anilines is 2. The van der Waals surface area contributed by atoms with Crippen molar-refractivity contribution in [1.82, 2.24) is 9.80 Å². The minimum absolute atomic E-state index is 0.0674. The number of rotatable bonds is 5. The summed E-state index contributed by atoms with van der Waals surface area (Å²) in [5.74, 6) is -4.25. The predicted molar refractivity (Wildman–Crippen MR) is 143 cm³/mol. The van der Waals surface area contributed by atoms with Crippen LogP contribution in [0.15, 0.2) is 54.6 Å². The third kappa shape index (κ3) is 6.19. The molecule has 2 N–H and O–H groups in total. The summed E-state index contributed by atoms with van der Waals surface area (Å²) in [6, 6.07) is 13.7. The number of nitrogens with zero attached hydrogens (tertiary/aromatic N) is 3. The second-order valence-corrected chi connectivity index (χ2v) is 11.5. The van der Waals surface area contributed by atoms with Crippen LogP contribution in [0.5, 0.6) is 0 Å². The molecule has 2 aliphatic heterocycles. The Kier molecular flexibility index (Phi) is 7.85. The van der Waals surface area contributed by atoms with Crippen LogP contribution in [-0.2, 0) is 24.6 Å². The minimum Gasteiger partial charge on any atom is -0.325 e. The summed E-state index contributed by atoms with van der Waals surface area (Å²) in [6.07, 6.45) is -5.25. The lowest BCUT2D eigenvalue weighted by Crippen LogP contribution is -2.57. The molecular formula is C29H30F3N5O4. The number of likely N-dealkylation sites (tertiary alicyclic amines) is 1. The molecular weight excluding hydrogens is 539 g/mol. The number of halogens is 3. The number of nitriles is 1. The van der Waals surface area contributed by atoms with Gasteiger partial charge in [-0.3, -0.25) is 19.2 Å². The van der Waals surface area contributed by atoms with E-state index in [1.807, 2.05) is 6.07 Å². The topological polar surface area (TPSA) is 123 Å². The molecule has 0 unspecified atom stereocenters. The molecule has 3 atom stereocenters. The Bertz CT molecular complexity index is 1400. The standard InChI is InChI=1S/C29H30F3N5O4/c1-27(2,3)14-22(37(17-29(30,31)32)25(40)23(38)34-18-9-5-4-6-10-18)24(39)36-16-28(13-19(36)15-33)20-11-7-8-12-21(20)35-26(28)41/h4-12,19,22H,13-14,16-17H2,1-3H3,(H,34,38)(H,35,41)/t19-,22-,28-/m0/s1. The van der Waals surface area contributed by atoms with E-state index in [0.29, 0.717) is 11.3 Å². The first-order chi connectivity index (χ1) is 19.1. The third-order valence-electron chi connectivity index (χ3n) is 7.22. The molecule has 1 spiro atoms. The number of hydrogen-bond donors (Lipinski definition) is 2. The highest BCUT2D eigenvalue weighted by atomic mass is 19.4. The number of carbonyl (C=O) groups excluding carboxylic acids is 4. The van der Waals surface area contributed by atoms with E-state index in [-0.39, 0.29) is 30.0 Å². The van der Waals surface area contributed by atoms with E-state index >= 15 is 0 Å². The Morgan fingerprint density at radius 3 is 2.37 bits per heavy atom. The molecule has 0 bridgehead atoms. The van der Waals surface area contributed by atoms with Gasteiger partial charge in [0, 0.05) is 24.3 Å². The van der Waals surface area contributed by atoms with Gasteiger partial charge < -0.3 is 20.4 Å². The zero-order valence-electron chi connectivity index (χ0n) is 22.8. The van der Waals surface area contributed by atoms with Crippen LogP contribution < -0.4 is 10.6 Å². The van der Waals surface area contributed by atoms with Gasteiger partial charge >= 0.3 is 18.0 Å². The van der Waals surface area contributed by atoms with E-state index in [1.54, 1.807) is 63.2 Å². The summed E-state index contributed by atoms with van der Waals surface area (Å²) in [7, 11) is 0. The molecule has 9 nitrogen and oxygen atoms in total. The Morgan fingerprint density at radius 1 is 1.12 bits per heavy atom. The van der Waals surface area contributed by atoms with Gasteiger partial charge in [0.05, 0.1) is 11.5 Å². The highest BCUT2D eigenvalue weighted by Crippen LogP contribution is 2.46. The number of nitrogens with one attached hydrogen (secondary N) is 2. The van der Waals surface area contributed by atoms with Crippen molar-refractivity contribution in [3.8, 4) is 6.07 Å². The molecule has 216 valence electrons. The molecule has 41 heavy (non-hydrogen) atoms. The maximum absolute atomic E-state index is 14.1. The van der Waals surface area contributed by atoms with Gasteiger partial charge in [0.2, 0.25) is 11.8 Å². The van der Waals surface area contributed by atoms with Gasteiger partial charge in [-0.15, -0.1) is 0 Å². The SMILES string of the molecule is CC(C)(C)C[C@@H](C(=O)N1C[C@]2(C[C@H]1C#N)C(=O)Nc1ccccc12)N(CC(F)(F)F)C(=O)C(=O)Nc1ccccc1. The van der Waals surface area contributed by atoms with Crippen LogP contribution in [0.2, 0.25) is 0 Å². The number of hydrogen-bond acceptors (Lipinski definition) is 5. The first-order valence-electron chi connectivity index (χ1n) is 13.0. The molecule has 1 saturated heterocycles. The normalized spacial score (nSPS) is 20.7. The maximum Gasteiger partial charge on any atom is 0.406 e. The first kappa shape index (κ1) is 29.6. The Hall–Kier alpha value is -4.40. The van der Waals surface area contributed by atoms with Crippen LogP contribution in [0.1, 0.15) is 39.2 Å². The summed E-state index contributed by atoms with van der Waals surface area (Å²) in [5.41, 5.74) is -0.743. The van der Waals surface area contributed by atoms with Crippen LogP contribution >= 0.6 is 0 Å². The van der Waals surface area contributed by atoms with Crippen molar-refractivity contribution in [2.24, 2.45) is 5.41 Å². The highest BCUT2D eigenvalue weighted by Gasteiger charge is 2.57. The van der Waals surface area contributed by atoms with E-state index in [4.69, 9.17) is 0 Å². The van der Waals surface area contributed by atoms with Crippen LogP contribution in [0.3, 0.4) is 0 Å². The zero-order chi connectivity index (χ0) is 30.2. The van der Waals surface area contributed by atoms with Crippen LogP contribution in [-0.4, -0.2) is 64.8 Å². The Morgan fingerprint density at radius 2 is 1.76 bits per heavy atom. The van der Waals surface area contributed by atoms with Gasteiger partial charge in [-0.2, -0.15) is 18.4 Å². The fourth-order valence-corrected chi connectivity index (χ4v) is 5.44. The van der Waals surface area contributed by atoms with E-state index in [2.05, 4.69) is 10.6 Å². The van der Waals surface area contributed by atoms with E-state index in [0.717, 1.165) is 4.90 Å². The van der Waals surface area contributed by atoms with Crippen molar-refractivity contribution in [2.45, 2.75) is 57.3 Å². The minimum atomic E-state index is -4.94. The average molecular weight is 570 g/mol. The van der Waals surface area contributed by atoms with Gasteiger partial charge in [0.1, 0.15) is 18.6 Å². The molecule has 0 aliphatic carbocycles. The lowest BCUT2D eigenvalue weighted by molar-refractivity contribution is -0.173. The van der Waals surface area contributed by atoms with Crippen molar-refractivity contribution in [2.75, 3.05) is 23.7 Å². The summed E-state index contributed by atoms with van der Waals surface area (Å²) in [4.78, 5) is 54.7. The molecule has 0 radical (unpaired) electrons. The number of alkyl halides is 3. The number of amides is 4. The van der Waals surface area contributed by atoms with Crippen molar-refractivity contribution < 1.29 is 32.3 Å². The lowest BCUT2D eigenvalue weighted by atomic mass is 9.80. The molecule has 2 heterocycles. The fourth-order valence-electron chi connectivity index (χ4n) is 5.44. The van der Waals surface area contributed by atoms with E-state index in [9.17, 15) is 37.6 Å². The molecule has 12 heteroatoms. The smallest absolute Gasteiger partial charge is 0.325 e. The molecule has 0 aromatic heterocycles. The monoisotopic (exact) mass is 569 g/mol. The van der Waals surface area contributed by atoms with Crippen LogP contribution in [0.4, 0.5) is 24.5 Å². The summed E-state index contributed by atoms with van der Waals surface area (Å²) >= 11 is 0. The van der Waals surface area contributed by atoms with Gasteiger partial charge in [-0.25, -0.2) is 0 Å². The molecule has 0 saturated carbocycles. The van der Waals surface area contributed by atoms with Crippen molar-refractivity contribution in [3.63, 3.8) is 0 Å². The molecule has 2 aliphatic rings. The largest absolute Gasteiger partial charge is 0.406 e. The van der Waals surface area contributed by atoms with Gasteiger partial charge in [0.15, 0.2) is 0 Å². The average Bonchev–Trinajstić information content (AvgIpc) is 3.42. The quantitative estimate of drug-likeness (QED) is 0.530. The third-order valence-corrected chi connectivity index (χ3v) is 7.22. The maximum atomic E-state index is 14.1. The summed E-state index contributed by atoms with van der Waals surface area (Å²) < 4.78 is 41.5. The first-order valence-corrected chi connectivity index (χ1v) is 13.0. The van der Waals surface area contributed by atoms with Crippen LogP contribution in [0.25, 0.3) is 0 Å². The fraction of sp³-hybridized carbons (Fsp3) is 0.414. The van der Waals surface area contributed by atoms with Gasteiger partial charge in [0.25, 0.3) is 0 Å². The lowest BCUT2D eigenvalue weighted by Gasteiger charge is -2.37. The Balaban J connectivity index is 1.72. The molecule has 2 aromatic rings. The predicted octanol–water partition coefficient (Wildman–Crippen LogP) is 3.84. The number of fused-ring (bicyclic) bond motifs is 2. The second kappa shape index (κ2) is 10.9. The van der Waals surface area contributed by atoms with E-state index in [1.165, 1.54) is 12.1 Å². The second-order valence-electron chi connectivity index (χ2n) is 11.5. The summed E-state index contributed by atoms with van der Waals surface area (Å²) in [5, 5.41) is 15.0. The summed E-state index contributed by atoms with van der Waals surface area (Å²) in [6.45, 7) is 2.92. The Labute approximate surface area is 235 Å². The molecule has 1 fully saturated rings. The molecule has 4 rings (SSSR count). The molecule has 2 aromatic carbocycles. The van der Waals surface area contributed by atoms with Gasteiger partial charge in [-0.1, -0.05) is 57.2 Å². The molecule has 4 amide bonds. The van der Waals surface area contributed by atoms with Crippen molar-refractivity contribution >= 4 is 35.0 Å². The highest BCUT2D eigenvalue weighted by molar-refractivity contribution is 6.40. The van der Waals surface area contributed by atoms with E-state index < -0.39 is 59.3 Å². The zero-order valence-corrected chi connectivity index (χ0v) is 22.8. The number of para-hydroxylation sites is 2. The van der Waals surface area contributed by atoms with Gasteiger partial charge in [-0.05, 0) is 35.6 Å². The van der Waals surface area contributed by atoms with Crippen molar-refractivity contribution in [3.05, 3.63) is 60.2 Å².